The first kappa shape index (κ1) is 14.0. The zero-order valence-corrected chi connectivity index (χ0v) is 10.1. The summed E-state index contributed by atoms with van der Waals surface area (Å²) >= 11 is 0. The normalized spacial score (nSPS) is 10.3. The second-order valence-electron chi connectivity index (χ2n) is 4.11. The van der Waals surface area contributed by atoms with Gasteiger partial charge in [0.2, 0.25) is 0 Å². The minimum absolute atomic E-state index is 0.141. The Hall–Kier alpha value is -2.04. The lowest BCUT2D eigenvalue weighted by Crippen LogP contribution is -2.15. The molecular formula is C13H16O5. The van der Waals surface area contributed by atoms with Crippen LogP contribution in [0.3, 0.4) is 0 Å². The minimum atomic E-state index is -0.977. The summed E-state index contributed by atoms with van der Waals surface area (Å²) in [6.45, 7) is 0. The highest BCUT2D eigenvalue weighted by molar-refractivity contribution is 5.70. The fourth-order valence-corrected chi connectivity index (χ4v) is 1.81. The number of carboxylic acids is 2. The van der Waals surface area contributed by atoms with Crippen LogP contribution in [-0.2, 0) is 16.0 Å². The zero-order valence-electron chi connectivity index (χ0n) is 10.1. The molecule has 5 heteroatoms. The summed E-state index contributed by atoms with van der Waals surface area (Å²) in [4.78, 5) is 21.3. The number of hydrogen-bond acceptors (Lipinski definition) is 3. The van der Waals surface area contributed by atoms with Gasteiger partial charge in [-0.05, 0) is 30.0 Å². The van der Waals surface area contributed by atoms with Crippen molar-refractivity contribution in [2.75, 3.05) is 7.11 Å². The van der Waals surface area contributed by atoms with Gasteiger partial charge in [0, 0.05) is 12.8 Å². The molecule has 0 spiro atoms. The number of carbonyl (C=O) groups is 2. The first-order valence-electron chi connectivity index (χ1n) is 5.57. The molecule has 0 fully saturated rings. The van der Waals surface area contributed by atoms with Gasteiger partial charge >= 0.3 is 11.9 Å². The molecule has 0 aliphatic heterocycles. The maximum Gasteiger partial charge on any atom is 0.303 e. The standard InChI is InChI=1S/C13H16O5/c1-18-11-4-2-9(3-5-11)6-10(7-12(14)15)8-13(16)17/h2-5,10H,6-8H2,1H3,(H,14,15)(H,16,17). The Morgan fingerprint density at radius 2 is 1.61 bits per heavy atom. The zero-order chi connectivity index (χ0) is 13.5. The maximum atomic E-state index is 10.7. The number of methoxy groups -OCH3 is 1. The van der Waals surface area contributed by atoms with Gasteiger partial charge in [-0.3, -0.25) is 9.59 Å². The lowest BCUT2D eigenvalue weighted by Gasteiger charge is -2.12. The monoisotopic (exact) mass is 252 g/mol. The Kier molecular flexibility index (Phi) is 5.17. The van der Waals surface area contributed by atoms with Gasteiger partial charge in [0.1, 0.15) is 5.75 Å². The Morgan fingerprint density at radius 3 is 2.00 bits per heavy atom. The summed E-state index contributed by atoms with van der Waals surface area (Å²) < 4.78 is 5.02. The SMILES string of the molecule is COc1ccc(CC(CC(=O)O)CC(=O)O)cc1. The summed E-state index contributed by atoms with van der Waals surface area (Å²) in [5, 5.41) is 17.5. The molecule has 0 bridgehead atoms. The van der Waals surface area contributed by atoms with Crippen LogP contribution in [0.25, 0.3) is 0 Å². The molecule has 0 radical (unpaired) electrons. The number of benzene rings is 1. The third kappa shape index (κ3) is 4.86. The summed E-state index contributed by atoms with van der Waals surface area (Å²) in [6.07, 6.45) is 0.152. The fraction of sp³-hybridized carbons (Fsp3) is 0.385. The van der Waals surface area contributed by atoms with Crippen molar-refractivity contribution in [2.45, 2.75) is 19.3 Å². The highest BCUT2D eigenvalue weighted by Crippen LogP contribution is 2.19. The van der Waals surface area contributed by atoms with Crippen molar-refractivity contribution in [3.63, 3.8) is 0 Å². The average molecular weight is 252 g/mol. The van der Waals surface area contributed by atoms with Crippen LogP contribution < -0.4 is 4.74 Å². The van der Waals surface area contributed by atoms with Crippen LogP contribution in [0.5, 0.6) is 5.75 Å². The molecule has 0 aliphatic carbocycles. The van der Waals surface area contributed by atoms with E-state index in [9.17, 15) is 9.59 Å². The summed E-state index contributed by atoms with van der Waals surface area (Å²) in [6, 6.07) is 7.17. The topological polar surface area (TPSA) is 83.8 Å². The van der Waals surface area contributed by atoms with E-state index < -0.39 is 17.9 Å². The lowest BCUT2D eigenvalue weighted by molar-refractivity contribution is -0.140. The van der Waals surface area contributed by atoms with Crippen LogP contribution in [0.15, 0.2) is 24.3 Å². The molecule has 98 valence electrons. The van der Waals surface area contributed by atoms with Gasteiger partial charge < -0.3 is 14.9 Å². The molecule has 0 unspecified atom stereocenters. The van der Waals surface area contributed by atoms with E-state index in [1.807, 2.05) is 12.1 Å². The van der Waals surface area contributed by atoms with Gasteiger partial charge in [-0.15, -0.1) is 0 Å². The number of carboxylic acid groups (broad SMARTS) is 2. The Bertz CT molecular complexity index is 394. The van der Waals surface area contributed by atoms with Gasteiger partial charge in [0.15, 0.2) is 0 Å². The average Bonchev–Trinajstić information content (AvgIpc) is 2.28. The quantitative estimate of drug-likeness (QED) is 0.773. The van der Waals surface area contributed by atoms with Crippen molar-refractivity contribution >= 4 is 11.9 Å². The summed E-state index contributed by atoms with van der Waals surface area (Å²) in [7, 11) is 1.56. The smallest absolute Gasteiger partial charge is 0.303 e. The minimum Gasteiger partial charge on any atom is -0.497 e. The molecule has 0 aromatic heterocycles. The largest absolute Gasteiger partial charge is 0.497 e. The van der Waals surface area contributed by atoms with E-state index in [4.69, 9.17) is 14.9 Å². The van der Waals surface area contributed by atoms with Crippen LogP contribution in [-0.4, -0.2) is 29.3 Å². The van der Waals surface area contributed by atoms with Crippen LogP contribution >= 0.6 is 0 Å². The van der Waals surface area contributed by atoms with Crippen LogP contribution in [0, 0.1) is 5.92 Å². The molecule has 0 aliphatic rings. The van der Waals surface area contributed by atoms with Crippen molar-refractivity contribution in [1.29, 1.82) is 0 Å². The third-order valence-electron chi connectivity index (χ3n) is 2.61. The van der Waals surface area contributed by atoms with Crippen molar-refractivity contribution in [3.05, 3.63) is 29.8 Å². The maximum absolute atomic E-state index is 10.7. The Balaban J connectivity index is 2.68. The highest BCUT2D eigenvalue weighted by atomic mass is 16.5. The van der Waals surface area contributed by atoms with Crippen LogP contribution in [0.4, 0.5) is 0 Å². The predicted molar refractivity (Wildman–Crippen MR) is 64.7 cm³/mol. The molecule has 1 aromatic carbocycles. The first-order valence-corrected chi connectivity index (χ1v) is 5.57. The number of ether oxygens (including phenoxy) is 1. The molecular weight excluding hydrogens is 236 g/mol. The Morgan fingerprint density at radius 1 is 1.11 bits per heavy atom. The van der Waals surface area contributed by atoms with Gasteiger partial charge in [0.05, 0.1) is 7.11 Å². The van der Waals surface area contributed by atoms with Crippen molar-refractivity contribution in [2.24, 2.45) is 5.92 Å². The van der Waals surface area contributed by atoms with E-state index in [0.717, 1.165) is 5.56 Å². The second kappa shape index (κ2) is 6.64. The van der Waals surface area contributed by atoms with Gasteiger partial charge in [-0.25, -0.2) is 0 Å². The van der Waals surface area contributed by atoms with E-state index in [1.165, 1.54) is 0 Å². The molecule has 0 amide bonds. The highest BCUT2D eigenvalue weighted by Gasteiger charge is 2.17. The van der Waals surface area contributed by atoms with Gasteiger partial charge in [-0.2, -0.15) is 0 Å². The van der Waals surface area contributed by atoms with Crippen molar-refractivity contribution < 1.29 is 24.5 Å². The third-order valence-corrected chi connectivity index (χ3v) is 2.61. The van der Waals surface area contributed by atoms with E-state index in [0.29, 0.717) is 12.2 Å². The van der Waals surface area contributed by atoms with Gasteiger partial charge in [-0.1, -0.05) is 12.1 Å². The Labute approximate surface area is 105 Å². The summed E-state index contributed by atoms with van der Waals surface area (Å²) in [5.74, 6) is -1.63. The molecule has 0 atom stereocenters. The predicted octanol–water partition coefficient (Wildman–Crippen LogP) is 1.80. The molecule has 0 heterocycles. The van der Waals surface area contributed by atoms with Crippen LogP contribution in [0.2, 0.25) is 0 Å². The molecule has 1 rings (SSSR count). The number of hydrogen-bond donors (Lipinski definition) is 2. The molecule has 5 nitrogen and oxygen atoms in total. The van der Waals surface area contributed by atoms with E-state index >= 15 is 0 Å². The second-order valence-corrected chi connectivity index (χ2v) is 4.11. The van der Waals surface area contributed by atoms with E-state index in [1.54, 1.807) is 19.2 Å². The van der Waals surface area contributed by atoms with E-state index in [-0.39, 0.29) is 12.8 Å². The number of aliphatic carboxylic acids is 2. The molecule has 18 heavy (non-hydrogen) atoms. The summed E-state index contributed by atoms with van der Waals surface area (Å²) in [5.41, 5.74) is 0.906. The molecule has 1 aromatic rings. The van der Waals surface area contributed by atoms with Crippen molar-refractivity contribution in [1.82, 2.24) is 0 Å². The first-order chi connectivity index (χ1) is 8.51. The lowest BCUT2D eigenvalue weighted by atomic mass is 9.93. The van der Waals surface area contributed by atoms with Gasteiger partial charge in [0.25, 0.3) is 0 Å². The van der Waals surface area contributed by atoms with Crippen molar-refractivity contribution in [3.8, 4) is 5.75 Å². The number of rotatable bonds is 7. The van der Waals surface area contributed by atoms with E-state index in [2.05, 4.69) is 0 Å². The molecule has 0 saturated heterocycles. The van der Waals surface area contributed by atoms with Crippen LogP contribution in [0.1, 0.15) is 18.4 Å². The molecule has 2 N–H and O–H groups in total. The fourth-order valence-electron chi connectivity index (χ4n) is 1.81. The molecule has 0 saturated carbocycles.